The van der Waals surface area contributed by atoms with Gasteiger partial charge in [0.2, 0.25) is 0 Å². The van der Waals surface area contributed by atoms with Crippen LogP contribution in [0.3, 0.4) is 0 Å². The molecule has 0 unspecified atom stereocenters. The van der Waals surface area contributed by atoms with Crippen LogP contribution in [0.25, 0.3) is 16.6 Å². The van der Waals surface area contributed by atoms with Gasteiger partial charge >= 0.3 is 6.36 Å². The minimum absolute atomic E-state index is 0.285. The quantitative estimate of drug-likeness (QED) is 0.274. The topological polar surface area (TPSA) is 63.5 Å². The number of alkyl halides is 3. The van der Waals surface area contributed by atoms with E-state index in [-0.39, 0.29) is 5.75 Å². The lowest BCUT2D eigenvalue weighted by Gasteiger charge is -2.19. The van der Waals surface area contributed by atoms with Gasteiger partial charge in [0.1, 0.15) is 5.75 Å². The van der Waals surface area contributed by atoms with Gasteiger partial charge < -0.3 is 10.1 Å². The molecule has 0 saturated carbocycles. The Labute approximate surface area is 199 Å². The summed E-state index contributed by atoms with van der Waals surface area (Å²) in [6.07, 6.45) is 2.93. The van der Waals surface area contributed by atoms with Crippen LogP contribution in [-0.2, 0) is 0 Å². The molecule has 0 fully saturated rings. The summed E-state index contributed by atoms with van der Waals surface area (Å²) in [6, 6.07) is 11.1. The lowest BCUT2D eigenvalue weighted by molar-refractivity contribution is -0.274. The van der Waals surface area contributed by atoms with Crippen LogP contribution in [0, 0.1) is 0 Å². The van der Waals surface area contributed by atoms with Crippen molar-refractivity contribution in [3.8, 4) is 11.4 Å². The third kappa shape index (κ3) is 5.82. The molecule has 1 heterocycles. The van der Waals surface area contributed by atoms with Gasteiger partial charge in [-0.2, -0.15) is 10.2 Å². The summed E-state index contributed by atoms with van der Waals surface area (Å²) in [5, 5.41) is 13.2. The first-order valence-corrected chi connectivity index (χ1v) is 10.9. The van der Waals surface area contributed by atoms with Gasteiger partial charge in [-0.15, -0.1) is 13.2 Å². The molecule has 6 nitrogen and oxygen atoms in total. The number of allylic oxidation sites excluding steroid dienone is 3. The number of rotatable bonds is 5. The Morgan fingerprint density at radius 2 is 1.94 bits per heavy atom. The van der Waals surface area contributed by atoms with Gasteiger partial charge in [0.25, 0.3) is 0 Å². The molecular weight excluding hydrogens is 463 g/mol. The largest absolute Gasteiger partial charge is 0.573 e. The summed E-state index contributed by atoms with van der Waals surface area (Å²) in [5.74, 6) is -0.285. The monoisotopic (exact) mass is 485 g/mol. The molecule has 3 aromatic rings. The lowest BCUT2D eigenvalue weighted by Crippen LogP contribution is -2.33. The fourth-order valence-corrected chi connectivity index (χ4v) is 3.78. The zero-order chi connectivity index (χ0) is 24.3. The number of halogens is 3. The number of nitrogens with one attached hydrogen (secondary N) is 2. The maximum Gasteiger partial charge on any atom is 0.573 e. The SMILES string of the molecule is CC1=CCCC(C)=C1NC(=S)N/N=C/c1ccc2cn(-c3ccc(OC(F)(F)F)cc3)nc2c1. The van der Waals surface area contributed by atoms with Gasteiger partial charge in [-0.3, -0.25) is 5.43 Å². The second-order valence-electron chi connectivity index (χ2n) is 7.84. The number of nitrogens with zero attached hydrogens (tertiary/aromatic N) is 3. The number of hydrogen-bond donors (Lipinski definition) is 2. The second-order valence-corrected chi connectivity index (χ2v) is 8.25. The van der Waals surface area contributed by atoms with Gasteiger partial charge in [-0.05, 0) is 85.9 Å². The van der Waals surface area contributed by atoms with Gasteiger partial charge in [0.15, 0.2) is 5.11 Å². The normalized spacial score (nSPS) is 14.4. The highest BCUT2D eigenvalue weighted by Gasteiger charge is 2.31. The third-order valence-electron chi connectivity index (χ3n) is 5.28. The molecule has 0 radical (unpaired) electrons. The Morgan fingerprint density at radius 1 is 1.18 bits per heavy atom. The summed E-state index contributed by atoms with van der Waals surface area (Å²) in [4.78, 5) is 0. The van der Waals surface area contributed by atoms with Crippen LogP contribution < -0.4 is 15.5 Å². The van der Waals surface area contributed by atoms with E-state index in [4.69, 9.17) is 12.2 Å². The molecule has 0 bridgehead atoms. The standard InChI is InChI=1S/C24H22F3N5OS/c1-15-4-3-5-16(2)22(15)29-23(34)30-28-13-17-6-7-18-14-32(31-21(18)12-17)19-8-10-20(11-9-19)33-24(25,26)27/h4,6-14H,3,5H2,1-2H3,(H2,29,30,34)/b28-13+. The zero-order valence-electron chi connectivity index (χ0n) is 18.5. The Kier molecular flexibility index (Phi) is 6.69. The number of thiocarbonyl (C=S) groups is 1. The molecule has 4 rings (SSSR count). The first-order chi connectivity index (χ1) is 16.2. The smallest absolute Gasteiger partial charge is 0.406 e. The molecule has 0 atom stereocenters. The van der Waals surface area contributed by atoms with Crippen molar-refractivity contribution in [2.24, 2.45) is 5.10 Å². The minimum Gasteiger partial charge on any atom is -0.406 e. The average molecular weight is 486 g/mol. The molecular formula is C24H22F3N5OS. The number of hydrogen-bond acceptors (Lipinski definition) is 4. The number of hydrazone groups is 1. The van der Waals surface area contributed by atoms with E-state index in [0.717, 1.165) is 29.5 Å². The fourth-order valence-electron chi connectivity index (χ4n) is 3.63. The number of fused-ring (bicyclic) bond motifs is 1. The van der Waals surface area contributed by atoms with E-state index < -0.39 is 6.36 Å². The summed E-state index contributed by atoms with van der Waals surface area (Å²) in [7, 11) is 0. The molecule has 1 aliphatic rings. The zero-order valence-corrected chi connectivity index (χ0v) is 19.3. The summed E-state index contributed by atoms with van der Waals surface area (Å²) in [5.41, 5.74) is 8.42. The highest BCUT2D eigenvalue weighted by Crippen LogP contribution is 2.25. The molecule has 0 saturated heterocycles. The van der Waals surface area contributed by atoms with Crippen LogP contribution >= 0.6 is 12.2 Å². The second kappa shape index (κ2) is 9.68. The van der Waals surface area contributed by atoms with Crippen LogP contribution in [0.1, 0.15) is 32.3 Å². The van der Waals surface area contributed by atoms with Gasteiger partial charge in [-0.1, -0.05) is 18.2 Å². The predicted octanol–water partition coefficient (Wildman–Crippen LogP) is 5.74. The van der Waals surface area contributed by atoms with E-state index in [9.17, 15) is 13.2 Å². The Hall–Kier alpha value is -3.66. The van der Waals surface area contributed by atoms with Crippen molar-refractivity contribution >= 4 is 34.4 Å². The minimum atomic E-state index is -4.73. The van der Waals surface area contributed by atoms with E-state index >= 15 is 0 Å². The van der Waals surface area contributed by atoms with Crippen LogP contribution in [0.2, 0.25) is 0 Å². The highest BCUT2D eigenvalue weighted by atomic mass is 32.1. The molecule has 1 aliphatic carbocycles. The molecule has 0 aliphatic heterocycles. The Balaban J connectivity index is 1.41. The predicted molar refractivity (Wildman–Crippen MR) is 130 cm³/mol. The third-order valence-corrected chi connectivity index (χ3v) is 5.47. The molecule has 10 heteroatoms. The molecule has 2 aromatic carbocycles. The van der Waals surface area contributed by atoms with E-state index in [0.29, 0.717) is 16.3 Å². The van der Waals surface area contributed by atoms with E-state index in [2.05, 4.69) is 45.6 Å². The summed E-state index contributed by atoms with van der Waals surface area (Å²) >= 11 is 5.34. The first-order valence-electron chi connectivity index (χ1n) is 10.5. The van der Waals surface area contributed by atoms with Crippen molar-refractivity contribution in [2.45, 2.75) is 33.1 Å². The highest BCUT2D eigenvalue weighted by molar-refractivity contribution is 7.80. The number of ether oxygens (including phenoxy) is 1. The molecule has 2 N–H and O–H groups in total. The molecule has 176 valence electrons. The Bertz CT molecular complexity index is 1310. The van der Waals surface area contributed by atoms with Crippen molar-refractivity contribution in [1.82, 2.24) is 20.5 Å². The summed E-state index contributed by atoms with van der Waals surface area (Å²) in [6.45, 7) is 4.14. The lowest BCUT2D eigenvalue weighted by atomic mass is 9.98. The van der Waals surface area contributed by atoms with Crippen LogP contribution in [-0.4, -0.2) is 27.5 Å². The van der Waals surface area contributed by atoms with E-state index in [1.807, 2.05) is 18.2 Å². The van der Waals surface area contributed by atoms with E-state index in [1.54, 1.807) is 17.1 Å². The molecule has 1 aromatic heterocycles. The van der Waals surface area contributed by atoms with Gasteiger partial charge in [0, 0.05) is 17.3 Å². The maximum absolute atomic E-state index is 12.3. The number of aromatic nitrogens is 2. The average Bonchev–Trinajstić information content (AvgIpc) is 3.19. The van der Waals surface area contributed by atoms with Crippen molar-refractivity contribution in [3.05, 3.63) is 77.1 Å². The number of benzene rings is 2. The molecule has 0 amide bonds. The van der Waals surface area contributed by atoms with Crippen molar-refractivity contribution in [2.75, 3.05) is 0 Å². The van der Waals surface area contributed by atoms with Crippen LogP contribution in [0.5, 0.6) is 5.75 Å². The first kappa shape index (κ1) is 23.5. The molecule has 0 spiro atoms. The Morgan fingerprint density at radius 3 is 2.65 bits per heavy atom. The summed E-state index contributed by atoms with van der Waals surface area (Å²) < 4.78 is 42.5. The van der Waals surface area contributed by atoms with Gasteiger partial charge in [-0.25, -0.2) is 4.68 Å². The van der Waals surface area contributed by atoms with Crippen molar-refractivity contribution in [1.29, 1.82) is 0 Å². The fraction of sp³-hybridized carbons (Fsp3) is 0.208. The van der Waals surface area contributed by atoms with Crippen molar-refractivity contribution < 1.29 is 17.9 Å². The van der Waals surface area contributed by atoms with Crippen LogP contribution in [0.4, 0.5) is 13.2 Å². The van der Waals surface area contributed by atoms with Crippen LogP contribution in [0.15, 0.2) is 76.7 Å². The van der Waals surface area contributed by atoms with Gasteiger partial charge in [0.05, 0.1) is 17.4 Å². The maximum atomic E-state index is 12.3. The van der Waals surface area contributed by atoms with E-state index in [1.165, 1.54) is 35.4 Å². The molecule has 34 heavy (non-hydrogen) atoms. The van der Waals surface area contributed by atoms with Crippen molar-refractivity contribution in [3.63, 3.8) is 0 Å².